The van der Waals surface area contributed by atoms with Gasteiger partial charge in [-0.1, -0.05) is 18.2 Å². The molecule has 3 rings (SSSR count). The molecule has 2 aromatic carbocycles. The minimum absolute atomic E-state index is 0.202. The molecule has 0 bridgehead atoms. The maximum absolute atomic E-state index is 12.3. The van der Waals surface area contributed by atoms with Gasteiger partial charge in [0.05, 0.1) is 25.5 Å². The number of rotatable bonds is 5. The third kappa shape index (κ3) is 3.19. The van der Waals surface area contributed by atoms with Gasteiger partial charge in [0.2, 0.25) is 0 Å². The molecule has 0 spiro atoms. The van der Waals surface area contributed by atoms with Crippen LogP contribution in [0.15, 0.2) is 54.7 Å². The normalized spacial score (nSPS) is 10.4. The maximum atomic E-state index is 12.3. The summed E-state index contributed by atoms with van der Waals surface area (Å²) in [6.07, 6.45) is 1.72. The Balaban J connectivity index is 2.14. The summed E-state index contributed by atoms with van der Waals surface area (Å²) >= 11 is 0. The summed E-state index contributed by atoms with van der Waals surface area (Å²) in [6.45, 7) is 0. The fourth-order valence-electron chi connectivity index (χ4n) is 2.58. The smallest absolute Gasteiger partial charge is 0.254 e. The van der Waals surface area contributed by atoms with Gasteiger partial charge in [-0.15, -0.1) is 0 Å². The van der Waals surface area contributed by atoms with Gasteiger partial charge in [-0.3, -0.25) is 4.79 Å². The molecule has 0 atom stereocenters. The summed E-state index contributed by atoms with van der Waals surface area (Å²) in [6, 6.07) is 15.1. The van der Waals surface area contributed by atoms with Crippen LogP contribution in [0.3, 0.4) is 0 Å². The molecule has 0 unspecified atom stereocenters. The average molecular weight is 337 g/mol. The Kier molecular flexibility index (Phi) is 4.70. The van der Waals surface area contributed by atoms with E-state index in [1.54, 1.807) is 38.2 Å². The van der Waals surface area contributed by atoms with E-state index in [9.17, 15) is 4.79 Å². The van der Waals surface area contributed by atoms with Crippen LogP contribution in [0.25, 0.3) is 16.9 Å². The lowest BCUT2D eigenvalue weighted by atomic mass is 10.1. The molecule has 128 valence electrons. The molecule has 0 saturated carbocycles. The standard InChI is InChI=1S/C19H19N3O3/c1-20-19(23)15-12-22(14-7-5-4-6-8-14)21-18(15)13-9-10-16(24-2)17(11-13)25-3/h4-12H,1-3H3,(H,20,23). The van der Waals surface area contributed by atoms with E-state index >= 15 is 0 Å². The number of hydrogen-bond donors (Lipinski definition) is 1. The highest BCUT2D eigenvalue weighted by Gasteiger charge is 2.19. The van der Waals surface area contributed by atoms with Crippen molar-refractivity contribution < 1.29 is 14.3 Å². The van der Waals surface area contributed by atoms with Gasteiger partial charge in [-0.2, -0.15) is 5.10 Å². The van der Waals surface area contributed by atoms with Crippen molar-refractivity contribution in [2.45, 2.75) is 0 Å². The molecule has 6 nitrogen and oxygen atoms in total. The van der Waals surface area contributed by atoms with Crippen molar-refractivity contribution in [3.05, 3.63) is 60.3 Å². The minimum Gasteiger partial charge on any atom is -0.493 e. The molecule has 0 fully saturated rings. The Morgan fingerprint density at radius 1 is 1.04 bits per heavy atom. The highest BCUT2D eigenvalue weighted by atomic mass is 16.5. The SMILES string of the molecule is CNC(=O)c1cn(-c2ccccc2)nc1-c1ccc(OC)c(OC)c1. The zero-order valence-electron chi connectivity index (χ0n) is 14.3. The lowest BCUT2D eigenvalue weighted by molar-refractivity contribution is 0.0963. The minimum atomic E-state index is -0.202. The first-order valence-corrected chi connectivity index (χ1v) is 7.77. The van der Waals surface area contributed by atoms with Crippen LogP contribution in [0.5, 0.6) is 11.5 Å². The highest BCUT2D eigenvalue weighted by Crippen LogP contribution is 2.33. The monoisotopic (exact) mass is 337 g/mol. The summed E-state index contributed by atoms with van der Waals surface area (Å²) in [5.74, 6) is 0.999. The van der Waals surface area contributed by atoms with E-state index in [1.165, 1.54) is 0 Å². The van der Waals surface area contributed by atoms with Crippen LogP contribution in [0.1, 0.15) is 10.4 Å². The number of para-hydroxylation sites is 1. The van der Waals surface area contributed by atoms with E-state index in [2.05, 4.69) is 10.4 Å². The zero-order valence-corrected chi connectivity index (χ0v) is 14.3. The first-order valence-electron chi connectivity index (χ1n) is 7.77. The van der Waals surface area contributed by atoms with Crippen LogP contribution >= 0.6 is 0 Å². The molecule has 1 N–H and O–H groups in total. The summed E-state index contributed by atoms with van der Waals surface area (Å²) < 4.78 is 12.3. The Hall–Kier alpha value is -3.28. The number of amides is 1. The number of hydrogen-bond acceptors (Lipinski definition) is 4. The zero-order chi connectivity index (χ0) is 17.8. The fourth-order valence-corrected chi connectivity index (χ4v) is 2.58. The lowest BCUT2D eigenvalue weighted by Gasteiger charge is -2.09. The Labute approximate surface area is 146 Å². The van der Waals surface area contributed by atoms with Gasteiger partial charge >= 0.3 is 0 Å². The molecular weight excluding hydrogens is 318 g/mol. The van der Waals surface area contributed by atoms with Crippen LogP contribution in [-0.4, -0.2) is 37.0 Å². The number of carbonyl (C=O) groups is 1. The average Bonchev–Trinajstić information content (AvgIpc) is 3.13. The molecule has 0 aliphatic heterocycles. The van der Waals surface area contributed by atoms with Crippen LogP contribution in [0.2, 0.25) is 0 Å². The van der Waals surface area contributed by atoms with Crippen molar-refractivity contribution in [1.29, 1.82) is 0 Å². The molecule has 1 amide bonds. The van der Waals surface area contributed by atoms with E-state index in [0.717, 1.165) is 11.3 Å². The third-order valence-corrected chi connectivity index (χ3v) is 3.86. The lowest BCUT2D eigenvalue weighted by Crippen LogP contribution is -2.18. The van der Waals surface area contributed by atoms with Crippen LogP contribution in [-0.2, 0) is 0 Å². The second-order valence-electron chi connectivity index (χ2n) is 5.32. The third-order valence-electron chi connectivity index (χ3n) is 3.86. The Morgan fingerprint density at radius 2 is 1.76 bits per heavy atom. The van der Waals surface area contributed by atoms with Crippen molar-refractivity contribution in [2.24, 2.45) is 0 Å². The van der Waals surface area contributed by atoms with Crippen molar-refractivity contribution in [1.82, 2.24) is 15.1 Å². The Morgan fingerprint density at radius 3 is 2.40 bits per heavy atom. The molecule has 25 heavy (non-hydrogen) atoms. The number of nitrogens with one attached hydrogen (secondary N) is 1. The topological polar surface area (TPSA) is 65.4 Å². The highest BCUT2D eigenvalue weighted by molar-refractivity contribution is 5.99. The van der Waals surface area contributed by atoms with E-state index in [0.29, 0.717) is 22.8 Å². The molecule has 6 heteroatoms. The summed E-state index contributed by atoms with van der Waals surface area (Å²) in [5, 5.41) is 7.27. The predicted octanol–water partition coefficient (Wildman–Crippen LogP) is 2.92. The number of aromatic nitrogens is 2. The van der Waals surface area contributed by atoms with Crippen LogP contribution in [0.4, 0.5) is 0 Å². The van der Waals surface area contributed by atoms with E-state index in [-0.39, 0.29) is 5.91 Å². The molecule has 0 aliphatic carbocycles. The number of carbonyl (C=O) groups excluding carboxylic acids is 1. The van der Waals surface area contributed by atoms with Gasteiger partial charge in [0.25, 0.3) is 5.91 Å². The van der Waals surface area contributed by atoms with Gasteiger partial charge in [0.1, 0.15) is 5.69 Å². The van der Waals surface area contributed by atoms with Gasteiger partial charge in [-0.25, -0.2) is 4.68 Å². The van der Waals surface area contributed by atoms with Gasteiger partial charge < -0.3 is 14.8 Å². The summed E-state index contributed by atoms with van der Waals surface area (Å²) in [5.41, 5.74) is 2.70. The second kappa shape index (κ2) is 7.09. The van der Waals surface area contributed by atoms with Gasteiger partial charge in [0.15, 0.2) is 11.5 Å². The molecular formula is C19H19N3O3. The molecule has 1 heterocycles. The molecule has 0 aliphatic rings. The largest absolute Gasteiger partial charge is 0.493 e. The summed E-state index contributed by atoms with van der Waals surface area (Å²) in [4.78, 5) is 12.3. The quantitative estimate of drug-likeness (QED) is 0.777. The first kappa shape index (κ1) is 16.6. The number of benzene rings is 2. The van der Waals surface area contributed by atoms with Crippen molar-refractivity contribution >= 4 is 5.91 Å². The molecule has 3 aromatic rings. The summed E-state index contributed by atoms with van der Waals surface area (Å²) in [7, 11) is 4.75. The first-order chi connectivity index (χ1) is 12.2. The molecule has 1 aromatic heterocycles. The van der Waals surface area contributed by atoms with Crippen molar-refractivity contribution in [3.63, 3.8) is 0 Å². The maximum Gasteiger partial charge on any atom is 0.254 e. The fraction of sp³-hybridized carbons (Fsp3) is 0.158. The van der Waals surface area contributed by atoms with Crippen molar-refractivity contribution in [3.8, 4) is 28.4 Å². The molecule has 0 radical (unpaired) electrons. The number of methoxy groups -OCH3 is 2. The van der Waals surface area contributed by atoms with Crippen molar-refractivity contribution in [2.75, 3.05) is 21.3 Å². The van der Waals surface area contributed by atoms with E-state index < -0.39 is 0 Å². The van der Waals surface area contributed by atoms with Gasteiger partial charge in [0, 0.05) is 18.8 Å². The predicted molar refractivity (Wildman–Crippen MR) is 95.5 cm³/mol. The number of nitrogens with zero attached hydrogens (tertiary/aromatic N) is 2. The second-order valence-corrected chi connectivity index (χ2v) is 5.32. The van der Waals surface area contributed by atoms with Crippen LogP contribution < -0.4 is 14.8 Å². The molecule has 0 saturated heterocycles. The van der Waals surface area contributed by atoms with E-state index in [4.69, 9.17) is 9.47 Å². The van der Waals surface area contributed by atoms with Crippen LogP contribution in [0, 0.1) is 0 Å². The number of ether oxygens (including phenoxy) is 2. The Bertz CT molecular complexity index is 888. The van der Waals surface area contributed by atoms with Gasteiger partial charge in [-0.05, 0) is 30.3 Å². The van der Waals surface area contributed by atoms with E-state index in [1.807, 2.05) is 42.5 Å².